The van der Waals surface area contributed by atoms with E-state index in [1.807, 2.05) is 17.8 Å². The fourth-order valence-corrected chi connectivity index (χ4v) is 4.32. The number of nitrogens with one attached hydrogen (secondary N) is 1. The molecule has 3 unspecified atom stereocenters. The lowest BCUT2D eigenvalue weighted by molar-refractivity contribution is -0.141. The van der Waals surface area contributed by atoms with Crippen LogP contribution in [0.25, 0.3) is 0 Å². The zero-order valence-corrected chi connectivity index (χ0v) is 13.1. The predicted molar refractivity (Wildman–Crippen MR) is 81.8 cm³/mol. The summed E-state index contributed by atoms with van der Waals surface area (Å²) in [6.45, 7) is 2.27. The monoisotopic (exact) mass is 299 g/mol. The van der Waals surface area contributed by atoms with Gasteiger partial charge in [0, 0.05) is 16.2 Å². The van der Waals surface area contributed by atoms with Crippen LogP contribution in [0, 0.1) is 0 Å². The Hall–Kier alpha value is -0.520. The zero-order chi connectivity index (χ0) is 13.7. The number of carbonyl (C=O) groups is 1. The van der Waals surface area contributed by atoms with Crippen LogP contribution in [0.3, 0.4) is 0 Å². The first kappa shape index (κ1) is 14.9. The zero-order valence-electron chi connectivity index (χ0n) is 11.4. The average molecular weight is 299 g/mol. The first-order chi connectivity index (χ1) is 9.20. The van der Waals surface area contributed by atoms with Gasteiger partial charge in [-0.3, -0.25) is 4.79 Å². The highest BCUT2D eigenvalue weighted by molar-refractivity contribution is 7.99. The third kappa shape index (κ3) is 4.23. The van der Waals surface area contributed by atoms with E-state index in [4.69, 9.17) is 4.74 Å². The van der Waals surface area contributed by atoms with Crippen molar-refractivity contribution in [3.8, 4) is 0 Å². The second kappa shape index (κ2) is 7.31. The first-order valence-corrected chi connectivity index (χ1v) is 8.61. The van der Waals surface area contributed by atoms with Crippen molar-refractivity contribution < 1.29 is 9.53 Å². The Morgan fingerprint density at radius 1 is 1.63 bits per heavy atom. The van der Waals surface area contributed by atoms with Gasteiger partial charge in [0.1, 0.15) is 0 Å². The number of methoxy groups -OCH3 is 1. The predicted octanol–water partition coefficient (Wildman–Crippen LogP) is 3.23. The molecule has 2 rings (SSSR count). The number of hydrogen-bond donors (Lipinski definition) is 1. The summed E-state index contributed by atoms with van der Waals surface area (Å²) < 4.78 is 4.82. The smallest absolute Gasteiger partial charge is 0.307 e. The summed E-state index contributed by atoms with van der Waals surface area (Å²) in [5.41, 5.74) is 0. The van der Waals surface area contributed by atoms with Gasteiger partial charge in [0.25, 0.3) is 0 Å². The number of thiophene rings is 1. The molecule has 1 aromatic heterocycles. The van der Waals surface area contributed by atoms with Gasteiger partial charge in [-0.25, -0.2) is 0 Å². The van der Waals surface area contributed by atoms with E-state index in [0.717, 1.165) is 0 Å². The van der Waals surface area contributed by atoms with Crippen LogP contribution in [0.15, 0.2) is 17.5 Å². The Labute approximate surface area is 123 Å². The lowest BCUT2D eigenvalue weighted by Crippen LogP contribution is -2.41. The molecule has 0 bridgehead atoms. The van der Waals surface area contributed by atoms with Crippen LogP contribution in [-0.4, -0.2) is 30.1 Å². The minimum Gasteiger partial charge on any atom is -0.469 e. The molecule has 1 aliphatic rings. The summed E-state index contributed by atoms with van der Waals surface area (Å²) in [7, 11) is 1.45. The molecular formula is C14H21NO2S2. The molecule has 3 atom stereocenters. The molecule has 1 aliphatic heterocycles. The van der Waals surface area contributed by atoms with Crippen LogP contribution < -0.4 is 5.32 Å². The van der Waals surface area contributed by atoms with Crippen molar-refractivity contribution in [2.24, 2.45) is 0 Å². The highest BCUT2D eigenvalue weighted by atomic mass is 32.2. The highest BCUT2D eigenvalue weighted by Gasteiger charge is 2.26. The van der Waals surface area contributed by atoms with E-state index in [-0.39, 0.29) is 12.0 Å². The van der Waals surface area contributed by atoms with Gasteiger partial charge in [-0.05, 0) is 30.0 Å². The van der Waals surface area contributed by atoms with E-state index in [1.54, 1.807) is 11.3 Å². The van der Waals surface area contributed by atoms with Crippen LogP contribution >= 0.6 is 23.1 Å². The van der Waals surface area contributed by atoms with E-state index >= 15 is 0 Å². The van der Waals surface area contributed by atoms with Crippen LogP contribution in [-0.2, 0) is 9.53 Å². The molecule has 19 heavy (non-hydrogen) atoms. The van der Waals surface area contributed by atoms with Crippen molar-refractivity contribution in [3.05, 3.63) is 22.4 Å². The summed E-state index contributed by atoms with van der Waals surface area (Å²) in [6.07, 6.45) is 2.85. The minimum absolute atomic E-state index is 0.0820. The Morgan fingerprint density at radius 3 is 3.11 bits per heavy atom. The van der Waals surface area contributed by atoms with Crippen molar-refractivity contribution in [1.82, 2.24) is 5.32 Å². The quantitative estimate of drug-likeness (QED) is 0.847. The molecule has 106 valence electrons. The Morgan fingerprint density at radius 2 is 2.47 bits per heavy atom. The van der Waals surface area contributed by atoms with Gasteiger partial charge in [0.05, 0.1) is 19.6 Å². The third-order valence-electron chi connectivity index (χ3n) is 3.51. The third-order valence-corrected chi connectivity index (χ3v) is 5.87. The van der Waals surface area contributed by atoms with Crippen LogP contribution in [0.1, 0.15) is 37.1 Å². The Kier molecular flexibility index (Phi) is 5.73. The maximum atomic E-state index is 11.6. The van der Waals surface area contributed by atoms with Crippen LogP contribution in [0.4, 0.5) is 0 Å². The summed E-state index contributed by atoms with van der Waals surface area (Å²) in [5.74, 6) is 1.10. The molecule has 1 aromatic rings. The normalized spacial score (nSPS) is 24.9. The molecule has 0 spiro atoms. The number of rotatable bonds is 5. The average Bonchev–Trinajstić information content (AvgIpc) is 2.94. The molecule has 1 fully saturated rings. The van der Waals surface area contributed by atoms with Crippen molar-refractivity contribution in [1.29, 1.82) is 0 Å². The standard InChI is InChI=1S/C14H21NO2S2/c1-10-11(5-3-7-18-10)15-12(9-14(16)17-2)13-6-4-8-19-13/h4,6,8,10-12,15H,3,5,7,9H2,1-2H3. The van der Waals surface area contributed by atoms with Gasteiger partial charge < -0.3 is 10.1 Å². The van der Waals surface area contributed by atoms with Crippen molar-refractivity contribution in [3.63, 3.8) is 0 Å². The Bertz CT molecular complexity index is 394. The van der Waals surface area contributed by atoms with E-state index in [2.05, 4.69) is 23.7 Å². The van der Waals surface area contributed by atoms with Gasteiger partial charge in [-0.1, -0.05) is 13.0 Å². The van der Waals surface area contributed by atoms with Crippen LogP contribution in [0.2, 0.25) is 0 Å². The van der Waals surface area contributed by atoms with E-state index in [9.17, 15) is 4.79 Å². The molecular weight excluding hydrogens is 278 g/mol. The molecule has 0 radical (unpaired) electrons. The number of carbonyl (C=O) groups excluding carboxylic acids is 1. The van der Waals surface area contributed by atoms with Crippen LogP contribution in [0.5, 0.6) is 0 Å². The SMILES string of the molecule is COC(=O)CC(NC1CCCSC1C)c1cccs1. The lowest BCUT2D eigenvalue weighted by atomic mass is 10.0. The fraction of sp³-hybridized carbons (Fsp3) is 0.643. The molecule has 1 saturated heterocycles. The number of esters is 1. The van der Waals surface area contributed by atoms with Crippen molar-refractivity contribution in [2.45, 2.75) is 43.5 Å². The van der Waals surface area contributed by atoms with Crippen molar-refractivity contribution >= 4 is 29.1 Å². The molecule has 0 aromatic carbocycles. The summed E-state index contributed by atoms with van der Waals surface area (Å²) in [4.78, 5) is 12.8. The summed E-state index contributed by atoms with van der Waals surface area (Å²) >= 11 is 3.71. The lowest BCUT2D eigenvalue weighted by Gasteiger charge is -2.32. The molecule has 0 saturated carbocycles. The van der Waals surface area contributed by atoms with E-state index in [1.165, 1.54) is 30.6 Å². The van der Waals surface area contributed by atoms with E-state index in [0.29, 0.717) is 17.7 Å². The maximum Gasteiger partial charge on any atom is 0.307 e. The second-order valence-electron chi connectivity index (χ2n) is 4.84. The van der Waals surface area contributed by atoms with Gasteiger partial charge in [0.15, 0.2) is 0 Å². The number of hydrogen-bond acceptors (Lipinski definition) is 5. The molecule has 1 N–H and O–H groups in total. The van der Waals surface area contributed by atoms with Gasteiger partial charge in [-0.2, -0.15) is 11.8 Å². The van der Waals surface area contributed by atoms with Crippen molar-refractivity contribution in [2.75, 3.05) is 12.9 Å². The summed E-state index contributed by atoms with van der Waals surface area (Å²) in [6, 6.07) is 4.69. The second-order valence-corrected chi connectivity index (χ2v) is 7.30. The maximum absolute atomic E-state index is 11.6. The molecule has 0 aliphatic carbocycles. The highest BCUT2D eigenvalue weighted by Crippen LogP contribution is 2.29. The topological polar surface area (TPSA) is 38.3 Å². The minimum atomic E-state index is -0.151. The molecule has 3 nitrogen and oxygen atoms in total. The first-order valence-electron chi connectivity index (χ1n) is 6.68. The molecule has 5 heteroatoms. The molecule has 0 amide bonds. The number of thioether (sulfide) groups is 1. The summed E-state index contributed by atoms with van der Waals surface area (Å²) in [5, 5.41) is 6.32. The Balaban J connectivity index is 2.02. The van der Waals surface area contributed by atoms with Gasteiger partial charge >= 0.3 is 5.97 Å². The van der Waals surface area contributed by atoms with Gasteiger partial charge in [-0.15, -0.1) is 11.3 Å². The fourth-order valence-electron chi connectivity index (χ4n) is 2.38. The van der Waals surface area contributed by atoms with Gasteiger partial charge in [0.2, 0.25) is 0 Å². The number of ether oxygens (including phenoxy) is 1. The van der Waals surface area contributed by atoms with E-state index < -0.39 is 0 Å². The molecule has 2 heterocycles. The largest absolute Gasteiger partial charge is 0.469 e.